The van der Waals surface area contributed by atoms with Crippen LogP contribution in [0.2, 0.25) is 0 Å². The zero-order valence-corrected chi connectivity index (χ0v) is 14.0. The number of rotatable bonds is 2. The minimum absolute atomic E-state index is 0.118. The molecule has 124 valence electrons. The van der Waals surface area contributed by atoms with Crippen molar-refractivity contribution in [2.45, 2.75) is 32.6 Å². The van der Waals surface area contributed by atoms with Crippen molar-refractivity contribution in [3.8, 4) is 0 Å². The van der Waals surface area contributed by atoms with Crippen molar-refractivity contribution in [3.63, 3.8) is 0 Å². The number of ether oxygens (including phenoxy) is 2. The van der Waals surface area contributed by atoms with Crippen molar-refractivity contribution in [1.82, 2.24) is 0 Å². The van der Waals surface area contributed by atoms with Gasteiger partial charge < -0.3 is 14.4 Å². The molecule has 0 unspecified atom stereocenters. The number of hydrogen-bond donors (Lipinski definition) is 0. The molecule has 1 amide bonds. The van der Waals surface area contributed by atoms with Gasteiger partial charge in [-0.3, -0.25) is 4.79 Å². The molecular weight excluding hydrogens is 302 g/mol. The van der Waals surface area contributed by atoms with E-state index in [4.69, 9.17) is 9.47 Å². The lowest BCUT2D eigenvalue weighted by atomic mass is 10.0. The van der Waals surface area contributed by atoms with E-state index in [1.807, 2.05) is 25.1 Å². The van der Waals surface area contributed by atoms with E-state index < -0.39 is 5.79 Å². The van der Waals surface area contributed by atoms with Crippen molar-refractivity contribution >= 4 is 11.6 Å². The maximum atomic E-state index is 13.2. The number of amides is 1. The Bertz CT molecular complexity index is 776. The van der Waals surface area contributed by atoms with E-state index in [1.165, 1.54) is 5.56 Å². The van der Waals surface area contributed by atoms with Crippen LogP contribution in [0.4, 0.5) is 5.69 Å². The molecule has 0 radical (unpaired) electrons. The smallest absolute Gasteiger partial charge is 0.292 e. The third-order valence-electron chi connectivity index (χ3n) is 4.75. The maximum absolute atomic E-state index is 13.2. The molecule has 0 aromatic heterocycles. The Kier molecular flexibility index (Phi) is 3.66. The van der Waals surface area contributed by atoms with Crippen LogP contribution in [-0.4, -0.2) is 19.1 Å². The van der Waals surface area contributed by atoms with Gasteiger partial charge in [-0.15, -0.1) is 0 Å². The van der Waals surface area contributed by atoms with Gasteiger partial charge in [-0.25, -0.2) is 0 Å². The molecule has 4 rings (SSSR count). The Hall–Kier alpha value is -2.17. The summed E-state index contributed by atoms with van der Waals surface area (Å²) >= 11 is 0. The first-order valence-electron chi connectivity index (χ1n) is 8.37. The molecule has 24 heavy (non-hydrogen) atoms. The van der Waals surface area contributed by atoms with E-state index in [0.717, 1.165) is 28.8 Å². The topological polar surface area (TPSA) is 38.8 Å². The molecule has 0 atom stereocenters. The van der Waals surface area contributed by atoms with E-state index in [2.05, 4.69) is 31.2 Å². The molecule has 2 aliphatic heterocycles. The van der Waals surface area contributed by atoms with Crippen LogP contribution in [0, 0.1) is 13.8 Å². The van der Waals surface area contributed by atoms with E-state index in [1.54, 1.807) is 4.90 Å². The number of benzene rings is 2. The largest absolute Gasteiger partial charge is 0.338 e. The Morgan fingerprint density at radius 1 is 1.04 bits per heavy atom. The normalized spacial score (nSPS) is 18.9. The summed E-state index contributed by atoms with van der Waals surface area (Å²) in [5, 5.41) is 0. The minimum atomic E-state index is -1.26. The summed E-state index contributed by atoms with van der Waals surface area (Å²) in [7, 11) is 0. The van der Waals surface area contributed by atoms with Crippen molar-refractivity contribution < 1.29 is 14.3 Å². The molecule has 4 nitrogen and oxygen atoms in total. The lowest BCUT2D eigenvalue weighted by molar-refractivity contribution is -0.256. The number of fused-ring (bicyclic) bond motifs is 2. The van der Waals surface area contributed by atoms with Crippen molar-refractivity contribution in [2.24, 2.45) is 0 Å². The molecule has 2 aromatic rings. The number of aryl methyl sites for hydroxylation is 2. The third kappa shape index (κ3) is 2.26. The number of carbonyl (C=O) groups is 1. The SMILES string of the molecule is Cc1ccc(CN2C(=O)C3(OCCCO3)c3cccc(C)c32)cc1. The van der Waals surface area contributed by atoms with Crippen LogP contribution >= 0.6 is 0 Å². The Morgan fingerprint density at radius 3 is 2.46 bits per heavy atom. The van der Waals surface area contributed by atoms with Crippen molar-refractivity contribution in [1.29, 1.82) is 0 Å². The molecule has 2 heterocycles. The van der Waals surface area contributed by atoms with Crippen LogP contribution in [0.15, 0.2) is 42.5 Å². The second-order valence-electron chi connectivity index (χ2n) is 6.52. The first-order valence-corrected chi connectivity index (χ1v) is 8.37. The Balaban J connectivity index is 1.78. The summed E-state index contributed by atoms with van der Waals surface area (Å²) in [5.74, 6) is -1.38. The van der Waals surface area contributed by atoms with Gasteiger partial charge in [-0.1, -0.05) is 48.0 Å². The molecule has 0 N–H and O–H groups in total. The predicted octanol–water partition coefficient (Wildman–Crippen LogP) is 3.44. The molecule has 1 saturated heterocycles. The van der Waals surface area contributed by atoms with Gasteiger partial charge in [0.1, 0.15) is 0 Å². The summed E-state index contributed by atoms with van der Waals surface area (Å²) < 4.78 is 11.8. The zero-order chi connectivity index (χ0) is 16.7. The molecule has 2 aromatic carbocycles. The average molecular weight is 323 g/mol. The molecule has 0 saturated carbocycles. The quantitative estimate of drug-likeness (QED) is 0.850. The Morgan fingerprint density at radius 2 is 1.75 bits per heavy atom. The lowest BCUT2D eigenvalue weighted by Gasteiger charge is -2.32. The van der Waals surface area contributed by atoms with E-state index in [0.29, 0.717) is 19.8 Å². The number of carbonyl (C=O) groups excluding carboxylic acids is 1. The number of nitrogens with zero attached hydrogens (tertiary/aromatic N) is 1. The van der Waals surface area contributed by atoms with Crippen LogP contribution in [-0.2, 0) is 26.6 Å². The highest BCUT2D eigenvalue weighted by molar-refractivity contribution is 6.06. The molecule has 4 heteroatoms. The summed E-state index contributed by atoms with van der Waals surface area (Å²) in [4.78, 5) is 15.0. The monoisotopic (exact) mass is 323 g/mol. The van der Waals surface area contributed by atoms with E-state index in [-0.39, 0.29) is 5.91 Å². The fourth-order valence-corrected chi connectivity index (χ4v) is 3.52. The highest BCUT2D eigenvalue weighted by Crippen LogP contribution is 2.47. The maximum Gasteiger partial charge on any atom is 0.292 e. The van der Waals surface area contributed by atoms with Crippen LogP contribution in [0.25, 0.3) is 0 Å². The number of hydrogen-bond acceptors (Lipinski definition) is 3. The van der Waals surface area contributed by atoms with Gasteiger partial charge in [0.15, 0.2) is 0 Å². The lowest BCUT2D eigenvalue weighted by Crippen LogP contribution is -2.47. The van der Waals surface area contributed by atoms with Gasteiger partial charge in [0, 0.05) is 5.56 Å². The highest BCUT2D eigenvalue weighted by atomic mass is 16.7. The predicted molar refractivity (Wildman–Crippen MR) is 91.7 cm³/mol. The van der Waals surface area contributed by atoms with Crippen molar-refractivity contribution in [3.05, 3.63) is 64.7 Å². The van der Waals surface area contributed by atoms with Crippen LogP contribution < -0.4 is 4.90 Å². The average Bonchev–Trinajstić information content (AvgIpc) is 2.82. The first kappa shape index (κ1) is 15.4. The highest BCUT2D eigenvalue weighted by Gasteiger charge is 2.55. The fourth-order valence-electron chi connectivity index (χ4n) is 3.52. The zero-order valence-electron chi connectivity index (χ0n) is 14.0. The van der Waals surface area contributed by atoms with Gasteiger partial charge in [0.05, 0.1) is 25.4 Å². The molecule has 0 bridgehead atoms. The van der Waals surface area contributed by atoms with E-state index >= 15 is 0 Å². The second kappa shape index (κ2) is 5.72. The number of anilines is 1. The number of para-hydroxylation sites is 1. The van der Waals surface area contributed by atoms with Gasteiger partial charge in [-0.2, -0.15) is 0 Å². The standard InChI is InChI=1S/C20H21NO3/c1-14-7-9-16(10-8-14)13-21-18-15(2)5-3-6-17(18)20(19(21)22)23-11-4-12-24-20/h3,5-10H,4,11-13H2,1-2H3. The summed E-state index contributed by atoms with van der Waals surface area (Å²) in [6, 6.07) is 14.2. The molecular formula is C20H21NO3. The summed E-state index contributed by atoms with van der Waals surface area (Å²) in [6.07, 6.45) is 0.814. The molecule has 1 spiro atoms. The van der Waals surface area contributed by atoms with Crippen LogP contribution in [0.1, 0.15) is 28.7 Å². The summed E-state index contributed by atoms with van der Waals surface area (Å²) in [5.41, 5.74) is 5.11. The van der Waals surface area contributed by atoms with Gasteiger partial charge in [0.25, 0.3) is 11.7 Å². The second-order valence-corrected chi connectivity index (χ2v) is 6.52. The van der Waals surface area contributed by atoms with Crippen molar-refractivity contribution in [2.75, 3.05) is 18.1 Å². The van der Waals surface area contributed by atoms with Gasteiger partial charge in [0.2, 0.25) is 0 Å². The van der Waals surface area contributed by atoms with Gasteiger partial charge >= 0.3 is 0 Å². The first-order chi connectivity index (χ1) is 11.6. The van der Waals surface area contributed by atoms with Gasteiger partial charge in [-0.05, 0) is 31.4 Å². The molecule has 0 aliphatic carbocycles. The summed E-state index contributed by atoms with van der Waals surface area (Å²) in [6.45, 7) is 5.68. The Labute approximate surface area is 142 Å². The van der Waals surface area contributed by atoms with Crippen LogP contribution in [0.5, 0.6) is 0 Å². The minimum Gasteiger partial charge on any atom is -0.338 e. The van der Waals surface area contributed by atoms with E-state index in [9.17, 15) is 4.79 Å². The third-order valence-corrected chi connectivity index (χ3v) is 4.75. The van der Waals surface area contributed by atoms with Crippen LogP contribution in [0.3, 0.4) is 0 Å². The molecule has 2 aliphatic rings. The fraction of sp³-hybridized carbons (Fsp3) is 0.350. The molecule has 1 fully saturated rings.